The van der Waals surface area contributed by atoms with Crippen molar-refractivity contribution in [3.63, 3.8) is 0 Å². The van der Waals surface area contributed by atoms with E-state index >= 15 is 0 Å². The fourth-order valence-electron chi connectivity index (χ4n) is 2.43. The highest BCUT2D eigenvalue weighted by Gasteiger charge is 2.24. The Bertz CT molecular complexity index is 742. The number of nitrogens with one attached hydrogen (secondary N) is 1. The van der Waals surface area contributed by atoms with Crippen LogP contribution in [0.3, 0.4) is 0 Å². The maximum Gasteiger partial charge on any atom is 0.355 e. The molecule has 2 aromatic rings. The molecule has 0 radical (unpaired) electrons. The van der Waals surface area contributed by atoms with Crippen molar-refractivity contribution in [1.82, 2.24) is 4.98 Å². The van der Waals surface area contributed by atoms with Gasteiger partial charge in [0.15, 0.2) is 0 Å². The number of carbonyl (C=O) groups excluding carboxylic acids is 1. The fourth-order valence-corrected chi connectivity index (χ4v) is 3.98. The van der Waals surface area contributed by atoms with Crippen molar-refractivity contribution in [2.24, 2.45) is 0 Å². The molecule has 0 bridgehead atoms. The molecular formula is C15H15Br2NO5. The SMILES string of the molecule is COC(=O)c1[nH]c(Br)c(-c2ccc(CO)c(CO)c2CO)c1Br. The zero-order chi connectivity index (χ0) is 17.1. The summed E-state index contributed by atoms with van der Waals surface area (Å²) in [5, 5.41) is 28.7. The second-order valence-electron chi connectivity index (χ2n) is 4.70. The summed E-state index contributed by atoms with van der Waals surface area (Å²) in [7, 11) is 1.28. The first-order valence-corrected chi connectivity index (χ1v) is 8.20. The van der Waals surface area contributed by atoms with Crippen molar-refractivity contribution in [2.75, 3.05) is 7.11 Å². The predicted molar refractivity (Wildman–Crippen MR) is 90.7 cm³/mol. The Morgan fingerprint density at radius 3 is 2.30 bits per heavy atom. The zero-order valence-electron chi connectivity index (χ0n) is 12.2. The molecule has 0 saturated carbocycles. The summed E-state index contributed by atoms with van der Waals surface area (Å²) < 4.78 is 5.72. The second-order valence-corrected chi connectivity index (χ2v) is 6.28. The van der Waals surface area contributed by atoms with Crippen molar-refractivity contribution in [2.45, 2.75) is 19.8 Å². The van der Waals surface area contributed by atoms with E-state index in [9.17, 15) is 20.1 Å². The van der Waals surface area contributed by atoms with E-state index < -0.39 is 5.97 Å². The number of aliphatic hydroxyl groups excluding tert-OH is 3. The average Bonchev–Trinajstić information content (AvgIpc) is 2.86. The number of esters is 1. The van der Waals surface area contributed by atoms with Crippen LogP contribution >= 0.6 is 31.9 Å². The zero-order valence-corrected chi connectivity index (χ0v) is 15.4. The molecular weight excluding hydrogens is 434 g/mol. The largest absolute Gasteiger partial charge is 0.464 e. The number of carbonyl (C=O) groups is 1. The molecule has 0 spiro atoms. The number of rotatable bonds is 5. The standard InChI is InChI=1S/C15H15Br2NO5/c1-23-15(22)13-12(16)11(14(17)18-13)8-3-2-7(4-19)9(5-20)10(8)6-21/h2-3,18-21H,4-6H2,1H3. The van der Waals surface area contributed by atoms with Crippen molar-refractivity contribution in [1.29, 1.82) is 0 Å². The quantitative estimate of drug-likeness (QED) is 0.526. The maximum atomic E-state index is 11.8. The predicted octanol–water partition coefficient (Wildman–Crippen LogP) is 2.47. The first kappa shape index (κ1) is 18.2. The summed E-state index contributed by atoms with van der Waals surface area (Å²) in [5.41, 5.74) is 2.96. The molecule has 8 heteroatoms. The fraction of sp³-hybridized carbons (Fsp3) is 0.267. The first-order valence-electron chi connectivity index (χ1n) is 6.61. The van der Waals surface area contributed by atoms with Gasteiger partial charge >= 0.3 is 5.97 Å². The molecule has 124 valence electrons. The van der Waals surface area contributed by atoms with Gasteiger partial charge in [0.1, 0.15) is 5.69 Å². The molecule has 23 heavy (non-hydrogen) atoms. The van der Waals surface area contributed by atoms with Gasteiger partial charge in [-0.15, -0.1) is 0 Å². The number of hydrogen-bond donors (Lipinski definition) is 4. The highest BCUT2D eigenvalue weighted by molar-refractivity contribution is 9.11. The topological polar surface area (TPSA) is 103 Å². The van der Waals surface area contributed by atoms with Gasteiger partial charge in [-0.1, -0.05) is 12.1 Å². The number of hydrogen-bond acceptors (Lipinski definition) is 5. The molecule has 0 unspecified atom stereocenters. The average molecular weight is 449 g/mol. The van der Waals surface area contributed by atoms with Crippen molar-refractivity contribution in [3.05, 3.63) is 43.6 Å². The van der Waals surface area contributed by atoms with Gasteiger partial charge in [-0.25, -0.2) is 4.79 Å². The van der Waals surface area contributed by atoms with Crippen LogP contribution in [0.25, 0.3) is 11.1 Å². The van der Waals surface area contributed by atoms with E-state index in [1.54, 1.807) is 12.1 Å². The number of halogens is 2. The van der Waals surface area contributed by atoms with Crippen LogP contribution in [0.1, 0.15) is 27.2 Å². The summed E-state index contributed by atoms with van der Waals surface area (Å²) in [6.45, 7) is -0.883. The lowest BCUT2D eigenvalue weighted by Gasteiger charge is -2.15. The number of ether oxygens (including phenoxy) is 1. The second kappa shape index (κ2) is 7.59. The van der Waals surface area contributed by atoms with E-state index in [2.05, 4.69) is 36.8 Å². The Morgan fingerprint density at radius 2 is 1.78 bits per heavy atom. The van der Waals surface area contributed by atoms with Crippen LogP contribution in [-0.2, 0) is 24.6 Å². The summed E-state index contributed by atoms with van der Waals surface area (Å²) in [4.78, 5) is 14.7. The number of H-pyrrole nitrogens is 1. The first-order chi connectivity index (χ1) is 11.0. The number of benzene rings is 1. The molecule has 1 heterocycles. The van der Waals surface area contributed by atoms with Gasteiger partial charge in [-0.3, -0.25) is 0 Å². The van der Waals surface area contributed by atoms with Gasteiger partial charge in [0.05, 0.1) is 36.0 Å². The molecule has 0 aliphatic heterocycles. The highest BCUT2D eigenvalue weighted by atomic mass is 79.9. The molecule has 0 saturated heterocycles. The lowest BCUT2D eigenvalue weighted by atomic mass is 9.93. The summed E-state index contributed by atoms with van der Waals surface area (Å²) in [6.07, 6.45) is 0. The molecule has 4 N–H and O–H groups in total. The van der Waals surface area contributed by atoms with Crippen LogP contribution in [-0.4, -0.2) is 33.4 Å². The Labute approximate surface area is 149 Å². The highest BCUT2D eigenvalue weighted by Crippen LogP contribution is 2.41. The Balaban J connectivity index is 2.73. The number of aromatic nitrogens is 1. The van der Waals surface area contributed by atoms with Crippen molar-refractivity contribution in [3.8, 4) is 11.1 Å². The molecule has 1 aromatic heterocycles. The van der Waals surface area contributed by atoms with E-state index in [-0.39, 0.29) is 25.5 Å². The summed E-state index contributed by atoms with van der Waals surface area (Å²) in [5.74, 6) is -0.538. The van der Waals surface area contributed by atoms with Crippen LogP contribution in [0.4, 0.5) is 0 Å². The number of aliphatic hydroxyl groups is 3. The normalized spacial score (nSPS) is 10.9. The van der Waals surface area contributed by atoms with Gasteiger partial charge in [0.25, 0.3) is 0 Å². The van der Waals surface area contributed by atoms with E-state index in [4.69, 9.17) is 4.74 Å². The lowest BCUT2D eigenvalue weighted by molar-refractivity contribution is 0.0593. The van der Waals surface area contributed by atoms with E-state index in [0.717, 1.165) is 0 Å². The Kier molecular flexibility index (Phi) is 5.99. The number of aromatic amines is 1. The minimum absolute atomic E-state index is 0.232. The van der Waals surface area contributed by atoms with Gasteiger partial charge in [-0.2, -0.15) is 0 Å². The third-order valence-corrected chi connectivity index (χ3v) is 4.95. The lowest BCUT2D eigenvalue weighted by Crippen LogP contribution is -2.04. The minimum atomic E-state index is -0.538. The van der Waals surface area contributed by atoms with Crippen LogP contribution < -0.4 is 0 Å². The van der Waals surface area contributed by atoms with Gasteiger partial charge < -0.3 is 25.0 Å². The van der Waals surface area contributed by atoms with Crippen LogP contribution in [0.5, 0.6) is 0 Å². The molecule has 0 amide bonds. The summed E-state index contributed by atoms with van der Waals surface area (Å²) in [6, 6.07) is 3.39. The third-order valence-electron chi connectivity index (χ3n) is 3.57. The Morgan fingerprint density at radius 1 is 1.13 bits per heavy atom. The monoisotopic (exact) mass is 447 g/mol. The Hall–Kier alpha value is -1.19. The van der Waals surface area contributed by atoms with Crippen LogP contribution in [0.15, 0.2) is 21.2 Å². The van der Waals surface area contributed by atoms with E-state index in [0.29, 0.717) is 36.9 Å². The number of methoxy groups -OCH3 is 1. The molecule has 0 aliphatic carbocycles. The maximum absolute atomic E-state index is 11.8. The molecule has 0 atom stereocenters. The summed E-state index contributed by atoms with van der Waals surface area (Å²) >= 11 is 6.73. The molecule has 0 fully saturated rings. The van der Waals surface area contributed by atoms with E-state index in [1.165, 1.54) is 7.11 Å². The van der Waals surface area contributed by atoms with Crippen molar-refractivity contribution < 1.29 is 24.9 Å². The van der Waals surface area contributed by atoms with Crippen LogP contribution in [0.2, 0.25) is 0 Å². The van der Waals surface area contributed by atoms with Crippen LogP contribution in [0, 0.1) is 0 Å². The van der Waals surface area contributed by atoms with E-state index in [1.807, 2.05) is 0 Å². The van der Waals surface area contributed by atoms with Crippen molar-refractivity contribution >= 4 is 37.8 Å². The molecule has 2 rings (SSSR count). The minimum Gasteiger partial charge on any atom is -0.464 e. The molecule has 6 nitrogen and oxygen atoms in total. The molecule has 0 aliphatic rings. The molecule has 1 aromatic carbocycles. The van der Waals surface area contributed by atoms with Gasteiger partial charge in [0.2, 0.25) is 0 Å². The van der Waals surface area contributed by atoms with Gasteiger partial charge in [0, 0.05) is 5.56 Å². The third kappa shape index (κ3) is 3.22. The smallest absolute Gasteiger partial charge is 0.355 e. The van der Waals surface area contributed by atoms with Gasteiger partial charge in [-0.05, 0) is 54.1 Å².